The molecule has 0 aliphatic carbocycles. The monoisotopic (exact) mass is 556 g/mol. The van der Waals surface area contributed by atoms with Gasteiger partial charge >= 0.3 is 6.18 Å². The van der Waals surface area contributed by atoms with Crippen molar-refractivity contribution in [3.05, 3.63) is 92.5 Å². The summed E-state index contributed by atoms with van der Waals surface area (Å²) in [5.74, 6) is -0.652. The van der Waals surface area contributed by atoms with Gasteiger partial charge in [-0.3, -0.25) is 9.59 Å². The molecule has 1 amide bonds. The van der Waals surface area contributed by atoms with Gasteiger partial charge in [0, 0.05) is 5.56 Å². The third-order valence-corrected chi connectivity index (χ3v) is 6.24. The average Bonchev–Trinajstić information content (AvgIpc) is 2.88. The number of nitrogens with zero attached hydrogens (tertiary/aromatic N) is 1. The molecule has 0 heterocycles. The first-order valence-electron chi connectivity index (χ1n) is 11.6. The first kappa shape index (κ1) is 29.3. The summed E-state index contributed by atoms with van der Waals surface area (Å²) in [5.41, 5.74) is 2.16. The van der Waals surface area contributed by atoms with E-state index in [9.17, 15) is 28.0 Å². The number of aryl methyl sites for hydroxylation is 3. The molecule has 6 nitrogen and oxygen atoms in total. The highest BCUT2D eigenvalue weighted by molar-refractivity contribution is 6.34. The number of alkyl halides is 3. The van der Waals surface area contributed by atoms with E-state index < -0.39 is 17.6 Å². The van der Waals surface area contributed by atoms with Gasteiger partial charge in [-0.25, -0.2) is 0 Å². The van der Waals surface area contributed by atoms with Crippen LogP contribution in [0.5, 0.6) is 11.5 Å². The Morgan fingerprint density at radius 1 is 1.00 bits per heavy atom. The van der Waals surface area contributed by atoms with E-state index in [0.717, 1.165) is 28.8 Å². The number of amides is 1. The molecule has 0 fully saturated rings. The lowest BCUT2D eigenvalue weighted by molar-refractivity contribution is -0.137. The zero-order valence-corrected chi connectivity index (χ0v) is 22.3. The van der Waals surface area contributed by atoms with Crippen molar-refractivity contribution >= 4 is 35.1 Å². The summed E-state index contributed by atoms with van der Waals surface area (Å²) in [7, 11) is 1.39. The van der Waals surface area contributed by atoms with E-state index in [4.69, 9.17) is 21.1 Å². The first-order valence-corrected chi connectivity index (χ1v) is 11.9. The second-order valence-corrected chi connectivity index (χ2v) is 9.10. The number of Topliss-reactive ketones (excluding diaryl/α,β-unsaturated/α-hetero) is 1. The molecule has 0 aromatic heterocycles. The lowest BCUT2D eigenvalue weighted by atomic mass is 9.98. The Bertz CT molecular complexity index is 1510. The number of halogens is 4. The lowest BCUT2D eigenvalue weighted by Crippen LogP contribution is -2.15. The normalized spacial score (nSPS) is 11.5. The molecular weight excluding hydrogens is 533 g/mol. The van der Waals surface area contributed by atoms with Crippen LogP contribution in [-0.4, -0.2) is 25.4 Å². The maximum Gasteiger partial charge on any atom is 0.416 e. The number of methoxy groups -OCH3 is 1. The average molecular weight is 557 g/mol. The van der Waals surface area contributed by atoms with Gasteiger partial charge < -0.3 is 14.8 Å². The van der Waals surface area contributed by atoms with Crippen molar-refractivity contribution in [3.8, 4) is 17.6 Å². The zero-order chi connectivity index (χ0) is 28.9. The first-order chi connectivity index (χ1) is 18.3. The van der Waals surface area contributed by atoms with Gasteiger partial charge in [0.15, 0.2) is 23.9 Å². The summed E-state index contributed by atoms with van der Waals surface area (Å²) in [6.45, 7) is 5.51. The van der Waals surface area contributed by atoms with Crippen LogP contribution in [0.25, 0.3) is 6.08 Å². The molecule has 1 N–H and O–H groups in total. The summed E-state index contributed by atoms with van der Waals surface area (Å²) < 4.78 is 50.1. The van der Waals surface area contributed by atoms with Crippen molar-refractivity contribution in [2.75, 3.05) is 19.0 Å². The van der Waals surface area contributed by atoms with Crippen molar-refractivity contribution in [3.63, 3.8) is 0 Å². The molecule has 3 aromatic carbocycles. The Balaban J connectivity index is 1.78. The Labute approximate surface area is 228 Å². The summed E-state index contributed by atoms with van der Waals surface area (Å²) >= 11 is 5.93. The van der Waals surface area contributed by atoms with Gasteiger partial charge in [-0.1, -0.05) is 23.7 Å². The minimum Gasteiger partial charge on any atom is -0.493 e. The number of carbonyl (C=O) groups excluding carboxylic acids is 2. The molecule has 0 aliphatic heterocycles. The molecule has 202 valence electrons. The summed E-state index contributed by atoms with van der Waals surface area (Å²) in [6.07, 6.45) is -3.41. The standard InChI is InChI=1S/C29H24ClF3N2O4/c1-16-9-18(3)22(10-17(16)2)25(36)15-39-26-8-5-19(12-27(26)38-4)11-20(14-34)28(37)35-24-13-21(29(31,32)33)6-7-23(24)30/h5-13H,15H2,1-4H3,(H,35,37)/b20-11-. The maximum absolute atomic E-state index is 13.0. The van der Waals surface area contributed by atoms with Crippen LogP contribution in [0.1, 0.15) is 38.2 Å². The Hall–Kier alpha value is -4.29. The largest absolute Gasteiger partial charge is 0.493 e. The quantitative estimate of drug-likeness (QED) is 0.182. The molecule has 3 rings (SSSR count). The van der Waals surface area contributed by atoms with Gasteiger partial charge in [-0.15, -0.1) is 0 Å². The molecule has 0 atom stereocenters. The number of ether oxygens (including phenoxy) is 2. The number of rotatable bonds is 8. The molecule has 0 saturated heterocycles. The number of benzene rings is 3. The second-order valence-electron chi connectivity index (χ2n) is 8.69. The highest BCUT2D eigenvalue weighted by Gasteiger charge is 2.31. The Morgan fingerprint density at radius 3 is 2.33 bits per heavy atom. The predicted molar refractivity (Wildman–Crippen MR) is 142 cm³/mol. The summed E-state index contributed by atoms with van der Waals surface area (Å²) in [4.78, 5) is 25.4. The number of hydrogen-bond donors (Lipinski definition) is 1. The molecule has 0 saturated carbocycles. The number of hydrogen-bond acceptors (Lipinski definition) is 5. The molecule has 0 bridgehead atoms. The third kappa shape index (κ3) is 7.18. The van der Waals surface area contributed by atoms with Crippen LogP contribution in [0, 0.1) is 32.1 Å². The van der Waals surface area contributed by atoms with E-state index in [2.05, 4.69) is 5.32 Å². The molecular formula is C29H24ClF3N2O4. The van der Waals surface area contributed by atoms with Crippen LogP contribution >= 0.6 is 11.6 Å². The van der Waals surface area contributed by atoms with Gasteiger partial charge in [0.1, 0.15) is 11.6 Å². The lowest BCUT2D eigenvalue weighted by Gasteiger charge is -2.13. The van der Waals surface area contributed by atoms with Crippen molar-refractivity contribution in [2.45, 2.75) is 26.9 Å². The topological polar surface area (TPSA) is 88.4 Å². The minimum atomic E-state index is -4.64. The highest BCUT2D eigenvalue weighted by atomic mass is 35.5. The van der Waals surface area contributed by atoms with E-state index in [1.807, 2.05) is 32.9 Å². The Kier molecular flexibility index (Phi) is 9.04. The SMILES string of the molecule is COc1cc(/C=C(/C#N)C(=O)Nc2cc(C(F)(F)F)ccc2Cl)ccc1OCC(=O)c1cc(C)c(C)cc1C. The van der Waals surface area contributed by atoms with Gasteiger partial charge in [0.25, 0.3) is 5.91 Å². The minimum absolute atomic E-state index is 0.123. The highest BCUT2D eigenvalue weighted by Crippen LogP contribution is 2.34. The van der Waals surface area contributed by atoms with Gasteiger partial charge in [-0.2, -0.15) is 18.4 Å². The Morgan fingerprint density at radius 2 is 1.69 bits per heavy atom. The van der Waals surface area contributed by atoms with Gasteiger partial charge in [0.2, 0.25) is 0 Å². The van der Waals surface area contributed by atoms with E-state index in [1.54, 1.807) is 6.07 Å². The smallest absolute Gasteiger partial charge is 0.416 e. The number of ketones is 1. The fourth-order valence-corrected chi connectivity index (χ4v) is 3.84. The predicted octanol–water partition coefficient (Wildman–Crippen LogP) is 7.10. The summed E-state index contributed by atoms with van der Waals surface area (Å²) in [6, 6.07) is 12.5. The van der Waals surface area contributed by atoms with Crippen molar-refractivity contribution in [1.29, 1.82) is 5.26 Å². The molecule has 0 unspecified atom stereocenters. The molecule has 0 aliphatic rings. The van der Waals surface area contributed by atoms with Crippen LogP contribution in [0.2, 0.25) is 5.02 Å². The van der Waals surface area contributed by atoms with Crippen molar-refractivity contribution < 1.29 is 32.2 Å². The van der Waals surface area contributed by atoms with Crippen LogP contribution < -0.4 is 14.8 Å². The van der Waals surface area contributed by atoms with Crippen LogP contribution in [0.4, 0.5) is 18.9 Å². The molecule has 3 aromatic rings. The summed E-state index contributed by atoms with van der Waals surface area (Å²) in [5, 5.41) is 11.6. The van der Waals surface area contributed by atoms with Gasteiger partial charge in [0.05, 0.1) is 23.4 Å². The molecule has 39 heavy (non-hydrogen) atoms. The number of nitrogens with one attached hydrogen (secondary N) is 1. The van der Waals surface area contributed by atoms with E-state index >= 15 is 0 Å². The van der Waals surface area contributed by atoms with Crippen LogP contribution in [0.15, 0.2) is 54.1 Å². The molecule has 10 heteroatoms. The van der Waals surface area contributed by atoms with E-state index in [0.29, 0.717) is 17.2 Å². The van der Waals surface area contributed by atoms with Crippen LogP contribution in [0.3, 0.4) is 0 Å². The van der Waals surface area contributed by atoms with Crippen molar-refractivity contribution in [1.82, 2.24) is 0 Å². The number of carbonyl (C=O) groups is 2. The van der Waals surface area contributed by atoms with Gasteiger partial charge in [-0.05, 0) is 85.5 Å². The molecule has 0 radical (unpaired) electrons. The zero-order valence-electron chi connectivity index (χ0n) is 21.5. The number of anilines is 1. The fourth-order valence-electron chi connectivity index (χ4n) is 3.68. The van der Waals surface area contributed by atoms with Crippen LogP contribution in [-0.2, 0) is 11.0 Å². The number of nitriles is 1. The van der Waals surface area contributed by atoms with E-state index in [-0.39, 0.29) is 40.2 Å². The molecule has 0 spiro atoms. The third-order valence-electron chi connectivity index (χ3n) is 5.91. The van der Waals surface area contributed by atoms with E-state index in [1.165, 1.54) is 31.4 Å². The maximum atomic E-state index is 13.0. The van der Waals surface area contributed by atoms with Crippen molar-refractivity contribution in [2.24, 2.45) is 0 Å². The second kappa shape index (κ2) is 12.0. The fraction of sp³-hybridized carbons (Fsp3) is 0.207.